The van der Waals surface area contributed by atoms with E-state index in [1.165, 1.54) is 70.6 Å². The largest absolute Gasteiger partial charge is 0.385 e. The number of rotatable bonds is 117. The summed E-state index contributed by atoms with van der Waals surface area (Å²) in [7, 11) is 37.5. The standard InChI is InChI=1S/3C11H24O3.4C10H22O4.3C10H22O3.C9H20O4/c1-12-8-4-3-5-10-14-11-7-6-9-13-2;1-12-8-5-3-4-6-10-14-11-7-9-13-2;1-12-8-6-4-3-5-7-9-14-11-10-13-2;1-11-5-3-6-13-7-4-8-14-10-9-12-2;1-11-7-9-13-5-3-4-6-14-10-8-12-2;2*1-11-5-3-4-6-13-9-10-14-8-7-12-2;1-11-7-3-5-9-13-10-6-4-8-12-2;1-11-7-4-3-5-9-13-10-6-8-12-2;1-11-7-5-3-4-6-8-13-10-9-12-2;1-10-6-8-12-4-3-5-13-9-7-11-2/h3*3-11H2,1-2H3;4*3-10H2,1-2H3;3*3-10H2,1-2H3;3-9H2,1-2H3. The van der Waals surface area contributed by atoms with Crippen molar-refractivity contribution >= 4 is 0 Å². The fraction of sp³-hybridized carbons (Fsp3) is 1.00. The lowest BCUT2D eigenvalue weighted by Crippen LogP contribution is -2.09. The van der Waals surface area contributed by atoms with Crippen LogP contribution in [-0.2, 0) is 180 Å². The second-order valence-electron chi connectivity index (χ2n) is 33.4. The zero-order valence-corrected chi connectivity index (χ0v) is 101. The molecule has 0 saturated heterocycles. The first-order valence-electron chi connectivity index (χ1n) is 56.1. The molecule has 38 nitrogen and oxygen atoms in total. The number of hydrogen-bond acceptors (Lipinski definition) is 38. The fourth-order valence-electron chi connectivity index (χ4n) is 11.1. The van der Waals surface area contributed by atoms with Crippen LogP contribution in [0.5, 0.6) is 0 Å². The third-order valence-electron chi connectivity index (χ3n) is 19.6. The van der Waals surface area contributed by atoms with Gasteiger partial charge in [0.1, 0.15) is 0 Å². The van der Waals surface area contributed by atoms with Gasteiger partial charge in [0, 0.05) is 368 Å². The van der Waals surface area contributed by atoms with Crippen molar-refractivity contribution in [2.75, 3.05) is 513 Å². The Kier molecular flexibility index (Phi) is 225. The predicted molar refractivity (Wildman–Crippen MR) is 601 cm³/mol. The van der Waals surface area contributed by atoms with Crippen LogP contribution in [0.1, 0.15) is 231 Å². The molecule has 0 aromatic carbocycles. The maximum absolute atomic E-state index is 5.46. The molecule has 922 valence electrons. The van der Waals surface area contributed by atoms with E-state index in [4.69, 9.17) is 180 Å². The van der Waals surface area contributed by atoms with Crippen LogP contribution in [0.2, 0.25) is 0 Å². The maximum atomic E-state index is 5.46. The minimum Gasteiger partial charge on any atom is -0.385 e. The molecule has 0 amide bonds. The molecule has 0 radical (unpaired) electrons. The summed E-state index contributed by atoms with van der Waals surface area (Å²) < 4.78 is 193. The normalized spacial score (nSPS) is 10.7. The Morgan fingerprint density at radius 2 is 0.113 bits per heavy atom. The van der Waals surface area contributed by atoms with E-state index in [1.54, 1.807) is 156 Å². The van der Waals surface area contributed by atoms with Gasteiger partial charge in [-0.1, -0.05) is 44.9 Å². The van der Waals surface area contributed by atoms with Gasteiger partial charge in [-0.3, -0.25) is 0 Å². The Balaban J connectivity index is -0.000000157. The number of ether oxygens (including phenoxy) is 38. The van der Waals surface area contributed by atoms with Gasteiger partial charge in [0.15, 0.2) is 0 Å². The first kappa shape index (κ1) is 171. The molecular weight excluding hydrogens is 1950 g/mol. The molecule has 0 N–H and O–H groups in total. The van der Waals surface area contributed by atoms with Gasteiger partial charge in [0.25, 0.3) is 0 Å². The first-order valence-corrected chi connectivity index (χ1v) is 56.1. The van der Waals surface area contributed by atoms with Crippen molar-refractivity contribution in [3.8, 4) is 0 Å². The van der Waals surface area contributed by atoms with E-state index in [9.17, 15) is 0 Å². The van der Waals surface area contributed by atoms with Crippen LogP contribution in [0.4, 0.5) is 0 Å². The molecule has 0 unspecified atom stereocenters. The van der Waals surface area contributed by atoms with Crippen molar-refractivity contribution in [3.63, 3.8) is 0 Å². The average Bonchev–Trinajstić information content (AvgIpc) is 1.16. The summed E-state index contributed by atoms with van der Waals surface area (Å²) in [4.78, 5) is 0. The van der Waals surface area contributed by atoms with Crippen LogP contribution >= 0.6 is 0 Å². The maximum Gasteiger partial charge on any atom is 0.0701 e. The number of methoxy groups -OCH3 is 22. The summed E-state index contributed by atoms with van der Waals surface area (Å²) in [5.41, 5.74) is 0. The Bertz CT molecular complexity index is 1470. The van der Waals surface area contributed by atoms with Gasteiger partial charge < -0.3 is 180 Å². The molecule has 0 aliphatic heterocycles. The smallest absolute Gasteiger partial charge is 0.0701 e. The summed E-state index contributed by atoms with van der Waals surface area (Å²) in [6.07, 6.45) is 40.4. The molecule has 0 fully saturated rings. The molecule has 0 aromatic rings. The topological polar surface area (TPSA) is 351 Å². The highest BCUT2D eigenvalue weighted by Crippen LogP contribution is 2.07. The second kappa shape index (κ2) is 198. The minimum atomic E-state index is 0.642. The van der Waals surface area contributed by atoms with Crippen LogP contribution < -0.4 is 0 Å². The van der Waals surface area contributed by atoms with Gasteiger partial charge in [0.05, 0.1) is 145 Å². The highest BCUT2D eigenvalue weighted by molar-refractivity contribution is 4.51. The van der Waals surface area contributed by atoms with Crippen molar-refractivity contribution in [3.05, 3.63) is 0 Å². The average molecular weight is 2200 g/mol. The molecule has 38 heteroatoms. The third-order valence-corrected chi connectivity index (χ3v) is 19.6. The molecule has 150 heavy (non-hydrogen) atoms. The zero-order valence-electron chi connectivity index (χ0n) is 101. The lowest BCUT2D eigenvalue weighted by molar-refractivity contribution is 0.0230. The summed E-state index contributed by atoms with van der Waals surface area (Å²) in [6, 6.07) is 0. The molecule has 0 aromatic heterocycles. The zero-order chi connectivity index (χ0) is 113. The second-order valence-corrected chi connectivity index (χ2v) is 33.4. The summed E-state index contributed by atoms with van der Waals surface area (Å²) in [5.74, 6) is 0. The Morgan fingerprint density at radius 3 is 0.240 bits per heavy atom. The summed E-state index contributed by atoms with van der Waals surface area (Å²) in [5, 5.41) is 0. The molecule has 0 rings (SSSR count). The number of hydrogen-bond donors (Lipinski definition) is 0. The molecule has 0 spiro atoms. The van der Waals surface area contributed by atoms with E-state index in [2.05, 4.69) is 0 Å². The third kappa shape index (κ3) is 232. The Labute approximate surface area is 920 Å². The lowest BCUT2D eigenvalue weighted by atomic mass is 10.1. The summed E-state index contributed by atoms with van der Waals surface area (Å²) >= 11 is 0. The van der Waals surface area contributed by atoms with Crippen LogP contribution in [0, 0.1) is 0 Å². The van der Waals surface area contributed by atoms with Gasteiger partial charge in [-0.05, 0) is 186 Å². The van der Waals surface area contributed by atoms with Crippen LogP contribution in [-0.4, -0.2) is 513 Å². The van der Waals surface area contributed by atoms with Gasteiger partial charge in [-0.15, -0.1) is 0 Å². The van der Waals surface area contributed by atoms with E-state index in [1.807, 2.05) is 0 Å². The number of unbranched alkanes of at least 4 members (excludes halogenated alkanes) is 20. The highest BCUT2D eigenvalue weighted by Gasteiger charge is 2.02. The first-order chi connectivity index (χ1) is 74.1. The van der Waals surface area contributed by atoms with Crippen molar-refractivity contribution in [1.29, 1.82) is 0 Å². The van der Waals surface area contributed by atoms with Crippen molar-refractivity contribution < 1.29 is 180 Å². The van der Waals surface area contributed by atoms with E-state index >= 15 is 0 Å². The molecule has 0 heterocycles. The fourth-order valence-corrected chi connectivity index (χ4v) is 11.1. The molecular formula is C112H246O38. The summed E-state index contributed by atoms with van der Waals surface area (Å²) in [6.45, 7) is 41.1. The van der Waals surface area contributed by atoms with Crippen molar-refractivity contribution in [1.82, 2.24) is 0 Å². The lowest BCUT2D eigenvalue weighted by Gasteiger charge is -2.05. The van der Waals surface area contributed by atoms with Gasteiger partial charge >= 0.3 is 0 Å². The van der Waals surface area contributed by atoms with E-state index < -0.39 is 0 Å². The van der Waals surface area contributed by atoms with Crippen LogP contribution in [0.15, 0.2) is 0 Å². The van der Waals surface area contributed by atoms with Crippen molar-refractivity contribution in [2.45, 2.75) is 231 Å². The van der Waals surface area contributed by atoms with E-state index in [-0.39, 0.29) is 0 Å². The SMILES string of the molecule is COCCCCCCCOCCOC.COCCCCCCOCCCOC.COCCCCCCOCCOC.COCCCCCOCCCCOC.COCCCCCOCCCOC.COCCCCOCCCCOC.COCCCCOCCOCCOC.COCCCCOCCOCCOC.COCCCOCCCOCCOC.COCCOCCCCOCCOC.COCCOCCCOCCOC. The Morgan fingerprint density at radius 1 is 0.0533 bits per heavy atom. The van der Waals surface area contributed by atoms with Gasteiger partial charge in [-0.2, -0.15) is 0 Å². The van der Waals surface area contributed by atoms with Crippen LogP contribution in [0.3, 0.4) is 0 Å². The Hall–Kier alpha value is -1.52. The van der Waals surface area contributed by atoms with Crippen molar-refractivity contribution in [2.24, 2.45) is 0 Å². The van der Waals surface area contributed by atoms with Gasteiger partial charge in [-0.25, -0.2) is 0 Å². The van der Waals surface area contributed by atoms with Crippen LogP contribution in [0.25, 0.3) is 0 Å². The van der Waals surface area contributed by atoms with E-state index in [0.29, 0.717) is 139 Å². The highest BCUT2D eigenvalue weighted by atomic mass is 16.6. The minimum absolute atomic E-state index is 0.642. The molecule has 0 atom stereocenters. The molecule has 0 aliphatic carbocycles. The quantitative estimate of drug-likeness (QED) is 0.0510. The predicted octanol–water partition coefficient (Wildman–Crippen LogP) is 17.4. The monoisotopic (exact) mass is 2200 g/mol. The molecule has 0 bridgehead atoms. The van der Waals surface area contributed by atoms with E-state index in [0.717, 1.165) is 379 Å². The molecule has 0 aliphatic rings. The molecule has 0 saturated carbocycles. The van der Waals surface area contributed by atoms with Gasteiger partial charge in [0.2, 0.25) is 0 Å².